The van der Waals surface area contributed by atoms with E-state index >= 15 is 0 Å². The molecule has 0 aliphatic carbocycles. The van der Waals surface area contributed by atoms with Crippen molar-refractivity contribution in [3.63, 3.8) is 0 Å². The first-order valence-corrected chi connectivity index (χ1v) is 15.7. The summed E-state index contributed by atoms with van der Waals surface area (Å²) in [5.74, 6) is -0.211. The number of aromatic nitrogens is 1. The van der Waals surface area contributed by atoms with Crippen LogP contribution >= 0.6 is 11.3 Å². The van der Waals surface area contributed by atoms with Gasteiger partial charge in [-0.2, -0.15) is 4.31 Å². The van der Waals surface area contributed by atoms with E-state index in [0.717, 1.165) is 55.0 Å². The van der Waals surface area contributed by atoms with Crippen molar-refractivity contribution in [2.45, 2.75) is 18.2 Å². The Kier molecular flexibility index (Phi) is 11.0. The van der Waals surface area contributed by atoms with E-state index in [1.807, 2.05) is 19.1 Å². The molecule has 218 valence electrons. The van der Waals surface area contributed by atoms with Crippen LogP contribution in [-0.2, 0) is 24.2 Å². The van der Waals surface area contributed by atoms with Crippen molar-refractivity contribution in [1.82, 2.24) is 14.2 Å². The first kappa shape index (κ1) is 30.5. The summed E-state index contributed by atoms with van der Waals surface area (Å²) in [5.41, 5.74) is 2.39. The molecule has 40 heavy (non-hydrogen) atoms. The van der Waals surface area contributed by atoms with Crippen molar-refractivity contribution in [3.8, 4) is 0 Å². The van der Waals surface area contributed by atoms with Gasteiger partial charge in [-0.1, -0.05) is 17.4 Å². The van der Waals surface area contributed by atoms with Gasteiger partial charge in [-0.15, -0.1) is 0 Å². The molecule has 0 radical (unpaired) electrons. The lowest BCUT2D eigenvalue weighted by molar-refractivity contribution is 0.0376. The van der Waals surface area contributed by atoms with Crippen LogP contribution in [0.2, 0.25) is 0 Å². The molecule has 1 aromatic heterocycles. The van der Waals surface area contributed by atoms with E-state index in [1.54, 1.807) is 17.0 Å². The van der Waals surface area contributed by atoms with Gasteiger partial charge in [0.2, 0.25) is 10.0 Å². The summed E-state index contributed by atoms with van der Waals surface area (Å²) >= 11 is 1.49. The maximum Gasteiger partial charge on any atom is 0.260 e. The van der Waals surface area contributed by atoms with Gasteiger partial charge in [-0.3, -0.25) is 14.6 Å². The van der Waals surface area contributed by atoms with Gasteiger partial charge < -0.3 is 14.2 Å². The Morgan fingerprint density at radius 1 is 1.02 bits per heavy atom. The van der Waals surface area contributed by atoms with Crippen LogP contribution in [0.1, 0.15) is 22.3 Å². The number of aryl methyl sites for hydroxylation is 1. The Bertz CT molecular complexity index is 1350. The van der Waals surface area contributed by atoms with Crippen molar-refractivity contribution >= 4 is 42.6 Å². The van der Waals surface area contributed by atoms with Crippen LogP contribution in [0.3, 0.4) is 0 Å². The van der Waals surface area contributed by atoms with Gasteiger partial charge in [-0.25, -0.2) is 13.4 Å². The molecule has 1 saturated heterocycles. The zero-order valence-electron chi connectivity index (χ0n) is 23.4. The number of morpholine rings is 1. The number of methoxy groups -OCH3 is 2. The third kappa shape index (κ3) is 7.64. The molecule has 4 rings (SSSR count). The lowest BCUT2D eigenvalue weighted by atomic mass is 10.2. The number of sulfonamides is 1. The summed E-state index contributed by atoms with van der Waals surface area (Å²) in [6, 6.07) is 12.2. The highest BCUT2D eigenvalue weighted by atomic mass is 32.2. The minimum atomic E-state index is -3.79. The second kappa shape index (κ2) is 14.4. The normalized spacial score (nSPS) is 14.7. The van der Waals surface area contributed by atoms with E-state index < -0.39 is 10.0 Å². The van der Waals surface area contributed by atoms with E-state index in [2.05, 4.69) is 11.0 Å². The number of carbonyl (C=O) groups is 1. The fraction of sp³-hybridized carbons (Fsp3) is 0.500. The van der Waals surface area contributed by atoms with Gasteiger partial charge >= 0.3 is 0 Å². The van der Waals surface area contributed by atoms with Crippen molar-refractivity contribution in [1.29, 1.82) is 0 Å². The molecule has 0 bridgehead atoms. The molecule has 1 aliphatic rings. The summed E-state index contributed by atoms with van der Waals surface area (Å²) in [5, 5.41) is 0.634. The highest BCUT2D eigenvalue weighted by Gasteiger charge is 2.26. The molecule has 0 unspecified atom stereocenters. The summed E-state index contributed by atoms with van der Waals surface area (Å²) < 4.78 is 44.6. The molecule has 0 spiro atoms. The minimum Gasteiger partial charge on any atom is -0.383 e. The second-order valence-electron chi connectivity index (χ2n) is 9.65. The molecule has 3 aromatic rings. The molecule has 1 fully saturated rings. The highest BCUT2D eigenvalue weighted by molar-refractivity contribution is 7.89. The summed E-state index contributed by atoms with van der Waals surface area (Å²) in [4.78, 5) is 22.8. The number of ether oxygens (including phenoxy) is 3. The van der Waals surface area contributed by atoms with Crippen LogP contribution < -0.4 is 4.90 Å². The third-order valence-electron chi connectivity index (χ3n) is 6.80. The third-order valence-corrected chi connectivity index (χ3v) is 9.75. The molecule has 10 nitrogen and oxygen atoms in total. The number of thiazole rings is 1. The van der Waals surface area contributed by atoms with E-state index in [1.165, 1.54) is 42.0 Å². The van der Waals surface area contributed by atoms with Gasteiger partial charge in [0.1, 0.15) is 0 Å². The smallest absolute Gasteiger partial charge is 0.260 e. The molecule has 1 amide bonds. The number of hydrogen-bond acceptors (Lipinski definition) is 9. The monoisotopic (exact) mass is 590 g/mol. The van der Waals surface area contributed by atoms with Crippen molar-refractivity contribution in [3.05, 3.63) is 53.6 Å². The van der Waals surface area contributed by atoms with Crippen LogP contribution in [0.15, 0.2) is 47.4 Å². The Labute approximate surface area is 240 Å². The Morgan fingerprint density at radius 2 is 1.70 bits per heavy atom. The van der Waals surface area contributed by atoms with Gasteiger partial charge in [0, 0.05) is 59.1 Å². The van der Waals surface area contributed by atoms with E-state index in [-0.39, 0.29) is 37.1 Å². The lowest BCUT2D eigenvalue weighted by Gasteiger charge is -2.27. The maximum atomic E-state index is 13.8. The Hall–Kier alpha value is -2.45. The molecular formula is C28H38N4O6S2. The fourth-order valence-electron chi connectivity index (χ4n) is 4.51. The molecule has 0 N–H and O–H groups in total. The van der Waals surface area contributed by atoms with Gasteiger partial charge in [0.15, 0.2) is 5.13 Å². The Balaban J connectivity index is 1.56. The van der Waals surface area contributed by atoms with Gasteiger partial charge in [0.05, 0.1) is 41.5 Å². The number of carbonyl (C=O) groups excluding carboxylic acids is 1. The van der Waals surface area contributed by atoms with Crippen LogP contribution in [0.25, 0.3) is 10.2 Å². The molecule has 2 aromatic carbocycles. The summed E-state index contributed by atoms with van der Waals surface area (Å²) in [7, 11) is -0.729. The van der Waals surface area contributed by atoms with Crippen LogP contribution in [-0.4, -0.2) is 108 Å². The van der Waals surface area contributed by atoms with Gasteiger partial charge in [-0.05, 0) is 55.3 Å². The van der Waals surface area contributed by atoms with E-state index in [0.29, 0.717) is 17.2 Å². The molecule has 12 heteroatoms. The number of hydrogen-bond donors (Lipinski definition) is 0. The number of rotatable bonds is 14. The molecular weight excluding hydrogens is 552 g/mol. The standard InChI is InChI=1S/C28H38N4O6S2/c1-22-5-10-25-26(21-22)39-28(29-25)32(12-4-11-30-13-19-38-20-14-30)27(33)23-6-8-24(9-7-23)40(34,35)31(15-17-36-2)16-18-37-3/h5-10,21H,4,11-20H2,1-3H3. The molecule has 0 atom stereocenters. The van der Waals surface area contributed by atoms with Crippen molar-refractivity contribution in [2.75, 3.05) is 84.8 Å². The predicted octanol–water partition coefficient (Wildman–Crippen LogP) is 3.26. The fourth-order valence-corrected chi connectivity index (χ4v) is 7.01. The van der Waals surface area contributed by atoms with Crippen LogP contribution in [0, 0.1) is 6.92 Å². The average Bonchev–Trinajstić information content (AvgIpc) is 3.38. The number of anilines is 1. The molecule has 2 heterocycles. The van der Waals surface area contributed by atoms with E-state index in [4.69, 9.17) is 19.2 Å². The first-order chi connectivity index (χ1) is 19.3. The zero-order valence-corrected chi connectivity index (χ0v) is 25.0. The number of nitrogens with zero attached hydrogens (tertiary/aromatic N) is 4. The Morgan fingerprint density at radius 3 is 2.35 bits per heavy atom. The minimum absolute atomic E-state index is 0.116. The second-order valence-corrected chi connectivity index (χ2v) is 12.6. The van der Waals surface area contributed by atoms with E-state index in [9.17, 15) is 13.2 Å². The summed E-state index contributed by atoms with van der Waals surface area (Å²) in [6.45, 7) is 7.55. The van der Waals surface area contributed by atoms with Gasteiger partial charge in [0.25, 0.3) is 5.91 Å². The maximum absolute atomic E-state index is 13.8. The lowest BCUT2D eigenvalue weighted by Crippen LogP contribution is -2.39. The average molecular weight is 591 g/mol. The predicted molar refractivity (Wildman–Crippen MR) is 157 cm³/mol. The van der Waals surface area contributed by atoms with Crippen LogP contribution in [0.5, 0.6) is 0 Å². The molecule has 1 aliphatic heterocycles. The number of amides is 1. The number of fused-ring (bicyclic) bond motifs is 1. The van der Waals surface area contributed by atoms with Crippen molar-refractivity contribution in [2.24, 2.45) is 0 Å². The quantitative estimate of drug-likeness (QED) is 0.282. The first-order valence-electron chi connectivity index (χ1n) is 13.4. The van der Waals surface area contributed by atoms with Crippen molar-refractivity contribution < 1.29 is 27.4 Å². The summed E-state index contributed by atoms with van der Waals surface area (Å²) in [6.07, 6.45) is 0.779. The zero-order chi connectivity index (χ0) is 28.5. The van der Waals surface area contributed by atoms with Crippen LogP contribution in [0.4, 0.5) is 5.13 Å². The highest BCUT2D eigenvalue weighted by Crippen LogP contribution is 2.31. The number of benzene rings is 2. The SMILES string of the molecule is COCCN(CCOC)S(=O)(=O)c1ccc(C(=O)N(CCCN2CCOCC2)c2nc3ccc(C)cc3s2)cc1. The largest absolute Gasteiger partial charge is 0.383 e. The molecule has 0 saturated carbocycles. The topological polar surface area (TPSA) is 102 Å².